The Kier molecular flexibility index (Phi) is 8.99. The van der Waals surface area contributed by atoms with Crippen LogP contribution < -0.4 is 9.47 Å². The Morgan fingerprint density at radius 2 is 1.21 bits per heavy atom. The molecule has 0 unspecified atom stereocenters. The van der Waals surface area contributed by atoms with E-state index in [1.807, 2.05) is 0 Å². The van der Waals surface area contributed by atoms with E-state index in [0.29, 0.717) is 11.4 Å². The van der Waals surface area contributed by atoms with Crippen LogP contribution in [0.25, 0.3) is 0 Å². The number of carbonyl (C=O) groups excluding carboxylic acids is 1. The molecule has 204 valence electrons. The molecule has 0 saturated heterocycles. The standard InChI is InChI=1S/C24H30N6O8/c1-13(2)20(22(31)32)29-9-16(25-27-29)11-37-18-6-15(24(35)36-5)7-19(8-18)38-12-17-10-30(28-26-17)21(14(3)4)23(33)34/h6-10,13-14,20-21H,11-12H2,1-5H3,(H,31,32)(H,33,34)/t20-,21-/m0/s1. The van der Waals surface area contributed by atoms with Crippen molar-refractivity contribution in [3.8, 4) is 11.5 Å². The Morgan fingerprint density at radius 3 is 1.55 bits per heavy atom. The van der Waals surface area contributed by atoms with E-state index in [-0.39, 0.29) is 42.1 Å². The number of aromatic nitrogens is 6. The molecule has 2 aromatic heterocycles. The average Bonchev–Trinajstić information content (AvgIpc) is 3.50. The Labute approximate surface area is 218 Å². The van der Waals surface area contributed by atoms with Gasteiger partial charge in [0.1, 0.15) is 36.1 Å². The smallest absolute Gasteiger partial charge is 0.338 e. The van der Waals surface area contributed by atoms with Gasteiger partial charge in [0, 0.05) is 6.07 Å². The number of nitrogens with zero attached hydrogens (tertiary/aromatic N) is 6. The van der Waals surface area contributed by atoms with Gasteiger partial charge in [0.15, 0.2) is 12.1 Å². The van der Waals surface area contributed by atoms with Crippen molar-refractivity contribution >= 4 is 17.9 Å². The van der Waals surface area contributed by atoms with Crippen molar-refractivity contribution in [3.63, 3.8) is 0 Å². The Bertz CT molecular complexity index is 1200. The van der Waals surface area contributed by atoms with E-state index in [4.69, 9.17) is 14.2 Å². The number of carboxylic acids is 2. The summed E-state index contributed by atoms with van der Waals surface area (Å²) >= 11 is 0. The highest BCUT2D eigenvalue weighted by molar-refractivity contribution is 5.90. The van der Waals surface area contributed by atoms with Crippen LogP contribution in [0.4, 0.5) is 0 Å². The molecule has 14 heteroatoms. The van der Waals surface area contributed by atoms with Crippen LogP contribution in [0.1, 0.15) is 61.5 Å². The van der Waals surface area contributed by atoms with E-state index in [0.717, 1.165) is 0 Å². The molecule has 2 N–H and O–H groups in total. The number of rotatable bonds is 13. The molecule has 0 aliphatic carbocycles. The van der Waals surface area contributed by atoms with Gasteiger partial charge in [-0.05, 0) is 24.0 Å². The van der Waals surface area contributed by atoms with Crippen LogP contribution >= 0.6 is 0 Å². The van der Waals surface area contributed by atoms with Crippen molar-refractivity contribution in [1.82, 2.24) is 30.0 Å². The van der Waals surface area contributed by atoms with E-state index in [1.165, 1.54) is 41.0 Å². The summed E-state index contributed by atoms with van der Waals surface area (Å²) in [4.78, 5) is 35.3. The fraction of sp³-hybridized carbons (Fsp3) is 0.458. The first kappa shape index (κ1) is 28.1. The van der Waals surface area contributed by atoms with E-state index in [1.54, 1.807) is 33.8 Å². The second kappa shape index (κ2) is 12.2. The second-order valence-electron chi connectivity index (χ2n) is 9.20. The first-order valence-electron chi connectivity index (χ1n) is 11.8. The highest BCUT2D eigenvalue weighted by Crippen LogP contribution is 2.26. The molecule has 14 nitrogen and oxygen atoms in total. The van der Waals surface area contributed by atoms with Gasteiger partial charge in [-0.3, -0.25) is 0 Å². The minimum Gasteiger partial charge on any atom is -0.487 e. The number of esters is 1. The van der Waals surface area contributed by atoms with E-state index in [9.17, 15) is 24.6 Å². The summed E-state index contributed by atoms with van der Waals surface area (Å²) in [6.45, 7) is 6.98. The van der Waals surface area contributed by atoms with Gasteiger partial charge < -0.3 is 24.4 Å². The van der Waals surface area contributed by atoms with E-state index in [2.05, 4.69) is 20.6 Å². The van der Waals surface area contributed by atoms with Crippen molar-refractivity contribution in [3.05, 3.63) is 47.5 Å². The van der Waals surface area contributed by atoms with Gasteiger partial charge in [0.05, 0.1) is 25.1 Å². The number of hydrogen-bond donors (Lipinski definition) is 2. The summed E-state index contributed by atoms with van der Waals surface area (Å²) in [6, 6.07) is 2.73. The Hall–Kier alpha value is -4.49. The lowest BCUT2D eigenvalue weighted by Crippen LogP contribution is -2.24. The van der Waals surface area contributed by atoms with Crippen LogP contribution in [0.3, 0.4) is 0 Å². The Balaban J connectivity index is 1.74. The molecule has 0 amide bonds. The zero-order valence-corrected chi connectivity index (χ0v) is 21.6. The molecule has 3 aromatic rings. The van der Waals surface area contributed by atoms with Crippen molar-refractivity contribution < 1.29 is 38.8 Å². The summed E-state index contributed by atoms with van der Waals surface area (Å²) in [5.41, 5.74) is 0.944. The van der Waals surface area contributed by atoms with Gasteiger partial charge in [0.25, 0.3) is 0 Å². The van der Waals surface area contributed by atoms with Gasteiger partial charge in [-0.2, -0.15) is 0 Å². The topological polar surface area (TPSA) is 181 Å². The summed E-state index contributed by atoms with van der Waals surface area (Å²) in [5, 5.41) is 34.6. The van der Waals surface area contributed by atoms with Crippen LogP contribution in [0.2, 0.25) is 0 Å². The van der Waals surface area contributed by atoms with Crippen LogP contribution in [0.5, 0.6) is 11.5 Å². The fourth-order valence-electron chi connectivity index (χ4n) is 3.73. The molecular weight excluding hydrogens is 500 g/mol. The van der Waals surface area contributed by atoms with Crippen LogP contribution in [-0.4, -0.2) is 65.2 Å². The maximum Gasteiger partial charge on any atom is 0.338 e. The van der Waals surface area contributed by atoms with Crippen molar-refractivity contribution in [2.24, 2.45) is 11.8 Å². The van der Waals surface area contributed by atoms with Gasteiger partial charge in [-0.15, -0.1) is 10.2 Å². The van der Waals surface area contributed by atoms with E-state index >= 15 is 0 Å². The quantitative estimate of drug-likeness (QED) is 0.308. The number of methoxy groups -OCH3 is 1. The summed E-state index contributed by atoms with van der Waals surface area (Å²) < 4.78 is 18.9. The predicted octanol–water partition coefficient (Wildman–Crippen LogP) is 2.38. The van der Waals surface area contributed by atoms with Gasteiger partial charge >= 0.3 is 17.9 Å². The maximum absolute atomic E-state index is 12.2. The lowest BCUT2D eigenvalue weighted by molar-refractivity contribution is -0.143. The number of hydrogen-bond acceptors (Lipinski definition) is 10. The molecule has 0 bridgehead atoms. The molecular formula is C24H30N6O8. The average molecular weight is 531 g/mol. The first-order valence-corrected chi connectivity index (χ1v) is 11.8. The third kappa shape index (κ3) is 6.83. The SMILES string of the molecule is COC(=O)c1cc(OCc2cn([C@H](C(=O)O)C(C)C)nn2)cc(OCc2cn([C@H](C(=O)O)C(C)C)nn2)c1. The fourth-order valence-corrected chi connectivity index (χ4v) is 3.73. The lowest BCUT2D eigenvalue weighted by Gasteiger charge is -2.15. The number of carbonyl (C=O) groups is 3. The molecule has 38 heavy (non-hydrogen) atoms. The van der Waals surface area contributed by atoms with Gasteiger partial charge in [-0.25, -0.2) is 23.7 Å². The highest BCUT2D eigenvalue weighted by atomic mass is 16.5. The molecule has 2 heterocycles. The third-order valence-corrected chi connectivity index (χ3v) is 5.53. The summed E-state index contributed by atoms with van der Waals surface area (Å²) in [7, 11) is 1.24. The molecule has 0 saturated carbocycles. The number of ether oxygens (including phenoxy) is 3. The minimum absolute atomic E-state index is 0.0470. The normalized spacial score (nSPS) is 12.8. The van der Waals surface area contributed by atoms with E-state index < -0.39 is 30.0 Å². The lowest BCUT2D eigenvalue weighted by atomic mass is 10.1. The molecule has 1 aromatic carbocycles. The molecule has 0 aliphatic rings. The summed E-state index contributed by atoms with van der Waals surface area (Å²) in [6.07, 6.45) is 2.98. The maximum atomic E-state index is 12.2. The van der Waals surface area contributed by atoms with Gasteiger partial charge in [0.2, 0.25) is 0 Å². The summed E-state index contributed by atoms with van der Waals surface area (Å²) in [5.74, 6) is -2.53. The zero-order chi connectivity index (χ0) is 28.0. The molecule has 0 spiro atoms. The monoisotopic (exact) mass is 530 g/mol. The van der Waals surface area contributed by atoms with Crippen LogP contribution in [0, 0.1) is 11.8 Å². The Morgan fingerprint density at radius 1 is 0.789 bits per heavy atom. The van der Waals surface area contributed by atoms with Crippen LogP contribution in [-0.2, 0) is 27.5 Å². The van der Waals surface area contributed by atoms with Crippen molar-refractivity contribution in [2.45, 2.75) is 53.0 Å². The molecule has 2 atom stereocenters. The molecule has 0 radical (unpaired) electrons. The number of aliphatic carboxylic acids is 2. The second-order valence-corrected chi connectivity index (χ2v) is 9.20. The van der Waals surface area contributed by atoms with Crippen molar-refractivity contribution in [2.75, 3.05) is 7.11 Å². The first-order chi connectivity index (χ1) is 18.0. The van der Waals surface area contributed by atoms with Gasteiger partial charge in [-0.1, -0.05) is 38.1 Å². The number of carboxylic acid groups (broad SMARTS) is 2. The van der Waals surface area contributed by atoms with Crippen LogP contribution in [0.15, 0.2) is 30.6 Å². The third-order valence-electron chi connectivity index (χ3n) is 5.53. The molecule has 0 aliphatic heterocycles. The predicted molar refractivity (Wildman–Crippen MR) is 130 cm³/mol. The molecule has 3 rings (SSSR count). The minimum atomic E-state index is -1.02. The van der Waals surface area contributed by atoms with Crippen molar-refractivity contribution in [1.29, 1.82) is 0 Å². The zero-order valence-electron chi connectivity index (χ0n) is 21.6. The largest absolute Gasteiger partial charge is 0.487 e. The highest BCUT2D eigenvalue weighted by Gasteiger charge is 2.26. The molecule has 0 fully saturated rings. The number of benzene rings is 1.